The zero-order valence-electron chi connectivity index (χ0n) is 18.5. The summed E-state index contributed by atoms with van der Waals surface area (Å²) in [4.78, 5) is 0. The van der Waals surface area contributed by atoms with Gasteiger partial charge in [0.05, 0.1) is 0 Å². The second kappa shape index (κ2) is 24.1. The van der Waals surface area contributed by atoms with Crippen LogP contribution in [-0.2, 0) is 0 Å². The summed E-state index contributed by atoms with van der Waals surface area (Å²) in [6, 6.07) is 0. The molecule has 0 spiro atoms. The topological polar surface area (TPSA) is 24.1 Å². The van der Waals surface area contributed by atoms with Crippen LogP contribution in [0.1, 0.15) is 117 Å². The van der Waals surface area contributed by atoms with Crippen molar-refractivity contribution in [3.8, 4) is 0 Å². The highest BCUT2D eigenvalue weighted by Crippen LogP contribution is 2.14. The highest BCUT2D eigenvalue weighted by Gasteiger charge is 1.96. The van der Waals surface area contributed by atoms with Crippen molar-refractivity contribution in [1.82, 2.24) is 10.6 Å². The lowest BCUT2D eigenvalue weighted by atomic mass is 10.0. The van der Waals surface area contributed by atoms with E-state index in [9.17, 15) is 0 Å². The van der Waals surface area contributed by atoms with Crippen LogP contribution in [0, 0.1) is 0 Å². The Bertz CT molecular complexity index is 298. The second-order valence-electron chi connectivity index (χ2n) is 7.70. The largest absolute Gasteiger partial charge is 0.363 e. The maximum Gasteiger partial charge on any atom is 0.166 e. The lowest BCUT2D eigenvalue weighted by Crippen LogP contribution is -2.36. The third kappa shape index (κ3) is 24.0. The van der Waals surface area contributed by atoms with Crippen LogP contribution >= 0.6 is 24.0 Å². The second-order valence-corrected chi connectivity index (χ2v) is 9.33. The van der Waals surface area contributed by atoms with E-state index in [-0.39, 0.29) is 0 Å². The van der Waals surface area contributed by atoms with E-state index >= 15 is 0 Å². The molecule has 0 amide bonds. The van der Waals surface area contributed by atoms with Crippen LogP contribution in [0.15, 0.2) is 0 Å². The Morgan fingerprint density at radius 2 is 1.04 bits per heavy atom. The summed E-state index contributed by atoms with van der Waals surface area (Å²) in [5, 5.41) is 7.15. The average Bonchev–Trinajstić information content (AvgIpc) is 2.66. The Kier molecular flexibility index (Phi) is 24.1. The predicted molar refractivity (Wildman–Crippen MR) is 131 cm³/mol. The zero-order chi connectivity index (χ0) is 19.8. The normalized spacial score (nSPS) is 10.9. The molecular weight excluding hydrogens is 368 g/mol. The Hall–Kier alpha value is 0.0400. The van der Waals surface area contributed by atoms with Crippen molar-refractivity contribution in [2.75, 3.05) is 24.6 Å². The Morgan fingerprint density at radius 1 is 0.593 bits per heavy atom. The van der Waals surface area contributed by atoms with Crippen LogP contribution < -0.4 is 10.6 Å². The molecule has 0 radical (unpaired) electrons. The van der Waals surface area contributed by atoms with Crippen LogP contribution in [0.3, 0.4) is 0 Å². The van der Waals surface area contributed by atoms with Crippen LogP contribution in [0.25, 0.3) is 0 Å². The van der Waals surface area contributed by atoms with Gasteiger partial charge in [-0.15, -0.1) is 0 Å². The predicted octanol–water partition coefficient (Wildman–Crippen LogP) is 7.47. The molecule has 27 heavy (non-hydrogen) atoms. The molecule has 0 heterocycles. The first-order valence-corrected chi connectivity index (χ1v) is 13.5. The summed E-state index contributed by atoms with van der Waals surface area (Å²) in [6.45, 7) is 6.25. The number of nitrogens with one attached hydrogen (secondary N) is 2. The molecule has 0 rings (SSSR count). The van der Waals surface area contributed by atoms with Crippen LogP contribution in [0.2, 0.25) is 0 Å². The van der Waals surface area contributed by atoms with Gasteiger partial charge in [-0.2, -0.15) is 11.8 Å². The third-order valence-corrected chi connectivity index (χ3v) is 6.37. The molecule has 0 saturated heterocycles. The molecule has 0 aromatic carbocycles. The van der Waals surface area contributed by atoms with E-state index in [0.29, 0.717) is 0 Å². The van der Waals surface area contributed by atoms with Gasteiger partial charge in [0.2, 0.25) is 0 Å². The monoisotopic (exact) mass is 416 g/mol. The molecule has 2 nitrogen and oxygen atoms in total. The lowest BCUT2D eigenvalue weighted by Gasteiger charge is -2.08. The highest BCUT2D eigenvalue weighted by molar-refractivity contribution is 7.99. The fourth-order valence-electron chi connectivity index (χ4n) is 3.31. The summed E-state index contributed by atoms with van der Waals surface area (Å²) in [7, 11) is 0. The molecule has 0 bridgehead atoms. The van der Waals surface area contributed by atoms with E-state index in [1.165, 1.54) is 108 Å². The summed E-state index contributed by atoms with van der Waals surface area (Å²) >= 11 is 7.19. The van der Waals surface area contributed by atoms with E-state index in [1.54, 1.807) is 0 Å². The van der Waals surface area contributed by atoms with E-state index in [1.807, 2.05) is 11.8 Å². The van der Waals surface area contributed by atoms with Crippen molar-refractivity contribution in [2.45, 2.75) is 117 Å². The summed E-state index contributed by atoms with van der Waals surface area (Å²) in [5.41, 5.74) is 0. The van der Waals surface area contributed by atoms with Gasteiger partial charge < -0.3 is 10.6 Å². The molecule has 0 aliphatic carbocycles. The van der Waals surface area contributed by atoms with Gasteiger partial charge in [-0.05, 0) is 31.3 Å². The molecule has 0 aliphatic rings. The number of hydrogen-bond acceptors (Lipinski definition) is 2. The molecule has 0 aliphatic heterocycles. The van der Waals surface area contributed by atoms with Crippen molar-refractivity contribution in [2.24, 2.45) is 0 Å². The highest BCUT2D eigenvalue weighted by atomic mass is 32.2. The van der Waals surface area contributed by atoms with Gasteiger partial charge in [0.1, 0.15) is 0 Å². The minimum absolute atomic E-state index is 0.792. The molecular formula is C23H48N2S2. The average molecular weight is 417 g/mol. The van der Waals surface area contributed by atoms with Gasteiger partial charge in [-0.25, -0.2) is 0 Å². The van der Waals surface area contributed by atoms with Gasteiger partial charge in [-0.1, -0.05) is 103 Å². The Labute approximate surface area is 180 Å². The first kappa shape index (κ1) is 27.0. The van der Waals surface area contributed by atoms with Gasteiger partial charge in [0, 0.05) is 18.8 Å². The fraction of sp³-hybridized carbons (Fsp3) is 0.957. The number of hydrogen-bond donors (Lipinski definition) is 2. The molecule has 0 unspecified atom stereocenters. The molecule has 0 atom stereocenters. The number of thiocarbonyl (C=S) groups is 1. The summed E-state index contributed by atoms with van der Waals surface area (Å²) < 4.78 is 0. The zero-order valence-corrected chi connectivity index (χ0v) is 20.1. The van der Waals surface area contributed by atoms with E-state index in [4.69, 9.17) is 12.2 Å². The quantitative estimate of drug-likeness (QED) is 0.150. The molecule has 2 N–H and O–H groups in total. The van der Waals surface area contributed by atoms with Gasteiger partial charge in [-0.3, -0.25) is 0 Å². The molecule has 4 heteroatoms. The lowest BCUT2D eigenvalue weighted by molar-refractivity contribution is 0.531. The van der Waals surface area contributed by atoms with Crippen molar-refractivity contribution < 1.29 is 0 Å². The SMILES string of the molecule is CCCCCCCCCCCCCCCCCCSCCNC(=S)NCC. The minimum atomic E-state index is 0.792. The maximum absolute atomic E-state index is 5.14. The van der Waals surface area contributed by atoms with Crippen LogP contribution in [0.5, 0.6) is 0 Å². The van der Waals surface area contributed by atoms with Crippen molar-refractivity contribution in [1.29, 1.82) is 0 Å². The van der Waals surface area contributed by atoms with Crippen molar-refractivity contribution in [3.05, 3.63) is 0 Å². The number of rotatable bonds is 21. The standard InChI is InChI=1S/C23H48N2S2/c1-3-5-6-7-8-9-10-11-12-13-14-15-16-17-18-19-21-27-22-20-25-23(26)24-4-2/h3-22H2,1-2H3,(H2,24,25,26). The first-order chi connectivity index (χ1) is 13.3. The molecule has 0 aromatic heterocycles. The van der Waals surface area contributed by atoms with Crippen molar-refractivity contribution >= 4 is 29.1 Å². The minimum Gasteiger partial charge on any atom is -0.363 e. The van der Waals surface area contributed by atoms with E-state index in [2.05, 4.69) is 24.5 Å². The fourth-order valence-corrected chi connectivity index (χ4v) is 4.42. The maximum atomic E-state index is 5.14. The number of thioether (sulfide) groups is 1. The van der Waals surface area contributed by atoms with Crippen LogP contribution in [0.4, 0.5) is 0 Å². The third-order valence-electron chi connectivity index (χ3n) is 5.01. The van der Waals surface area contributed by atoms with E-state index < -0.39 is 0 Å². The molecule has 0 fully saturated rings. The number of unbranched alkanes of at least 4 members (excludes halogenated alkanes) is 15. The van der Waals surface area contributed by atoms with Crippen LogP contribution in [-0.4, -0.2) is 29.7 Å². The Balaban J connectivity index is 3.02. The summed E-state index contributed by atoms with van der Waals surface area (Å²) in [5.74, 6) is 2.46. The van der Waals surface area contributed by atoms with Gasteiger partial charge >= 0.3 is 0 Å². The molecule has 0 saturated carbocycles. The molecule has 0 aromatic rings. The first-order valence-electron chi connectivity index (χ1n) is 11.9. The smallest absolute Gasteiger partial charge is 0.166 e. The van der Waals surface area contributed by atoms with E-state index in [0.717, 1.165) is 24.0 Å². The summed E-state index contributed by atoms with van der Waals surface area (Å²) in [6.07, 6.45) is 23.1. The van der Waals surface area contributed by atoms with Gasteiger partial charge in [0.25, 0.3) is 0 Å². The molecule has 162 valence electrons. The van der Waals surface area contributed by atoms with Gasteiger partial charge in [0.15, 0.2) is 5.11 Å². The Morgan fingerprint density at radius 3 is 1.48 bits per heavy atom. The van der Waals surface area contributed by atoms with Crippen molar-refractivity contribution in [3.63, 3.8) is 0 Å².